The number of benzene rings is 2. The van der Waals surface area contributed by atoms with E-state index in [0.29, 0.717) is 29.4 Å². The van der Waals surface area contributed by atoms with Crippen molar-refractivity contribution in [3.8, 4) is 11.3 Å². The third kappa shape index (κ3) is 4.43. The van der Waals surface area contributed by atoms with Crippen molar-refractivity contribution in [1.82, 2.24) is 15.1 Å². The number of aromatic nitrogens is 2. The molecular weight excluding hydrogens is 374 g/mol. The SMILES string of the molecule is O=C(NCC1CCCO1)c1cn(Cc2ccccc2)nc1-c1ccc(Cl)cc1. The summed E-state index contributed by atoms with van der Waals surface area (Å²) >= 11 is 6.02. The third-order valence-electron chi connectivity index (χ3n) is 4.83. The van der Waals surface area contributed by atoms with Gasteiger partial charge in [0.2, 0.25) is 0 Å². The molecule has 0 radical (unpaired) electrons. The van der Waals surface area contributed by atoms with Gasteiger partial charge >= 0.3 is 0 Å². The lowest BCUT2D eigenvalue weighted by Crippen LogP contribution is -2.31. The first kappa shape index (κ1) is 18.7. The minimum absolute atomic E-state index is 0.0993. The van der Waals surface area contributed by atoms with E-state index in [-0.39, 0.29) is 12.0 Å². The third-order valence-corrected chi connectivity index (χ3v) is 5.08. The number of nitrogens with one attached hydrogen (secondary N) is 1. The molecule has 1 fully saturated rings. The van der Waals surface area contributed by atoms with Gasteiger partial charge in [-0.3, -0.25) is 9.48 Å². The van der Waals surface area contributed by atoms with Gasteiger partial charge in [0.25, 0.3) is 5.91 Å². The van der Waals surface area contributed by atoms with Crippen molar-refractivity contribution in [3.05, 3.63) is 76.9 Å². The average molecular weight is 396 g/mol. The van der Waals surface area contributed by atoms with E-state index in [2.05, 4.69) is 10.4 Å². The molecule has 0 spiro atoms. The summed E-state index contributed by atoms with van der Waals surface area (Å²) < 4.78 is 7.41. The molecule has 4 rings (SSSR count). The predicted molar refractivity (Wildman–Crippen MR) is 110 cm³/mol. The molecule has 28 heavy (non-hydrogen) atoms. The second kappa shape index (κ2) is 8.59. The van der Waals surface area contributed by atoms with Gasteiger partial charge in [0.1, 0.15) is 5.69 Å². The number of hydrogen-bond acceptors (Lipinski definition) is 3. The number of carbonyl (C=O) groups is 1. The molecule has 1 atom stereocenters. The fraction of sp³-hybridized carbons (Fsp3) is 0.273. The van der Waals surface area contributed by atoms with E-state index in [9.17, 15) is 4.79 Å². The van der Waals surface area contributed by atoms with Crippen LogP contribution in [0.15, 0.2) is 60.8 Å². The van der Waals surface area contributed by atoms with Gasteiger partial charge in [-0.1, -0.05) is 54.1 Å². The van der Waals surface area contributed by atoms with Gasteiger partial charge in [-0.25, -0.2) is 0 Å². The van der Waals surface area contributed by atoms with Gasteiger partial charge in [-0.15, -0.1) is 0 Å². The summed E-state index contributed by atoms with van der Waals surface area (Å²) in [5.41, 5.74) is 3.19. The molecule has 0 aliphatic carbocycles. The zero-order chi connectivity index (χ0) is 19.3. The van der Waals surface area contributed by atoms with Crippen molar-refractivity contribution in [2.24, 2.45) is 0 Å². The Morgan fingerprint density at radius 1 is 1.18 bits per heavy atom. The first-order chi connectivity index (χ1) is 13.7. The van der Waals surface area contributed by atoms with E-state index < -0.39 is 0 Å². The summed E-state index contributed by atoms with van der Waals surface area (Å²) in [6.07, 6.45) is 3.94. The Hall–Kier alpha value is -2.63. The molecule has 1 saturated heterocycles. The highest BCUT2D eigenvalue weighted by Gasteiger charge is 2.21. The van der Waals surface area contributed by atoms with Crippen LogP contribution in [-0.2, 0) is 11.3 Å². The van der Waals surface area contributed by atoms with Crippen LogP contribution in [0.5, 0.6) is 0 Å². The summed E-state index contributed by atoms with van der Waals surface area (Å²) in [4.78, 5) is 12.9. The topological polar surface area (TPSA) is 56.1 Å². The summed E-state index contributed by atoms with van der Waals surface area (Å²) in [7, 11) is 0. The van der Waals surface area contributed by atoms with Crippen LogP contribution in [0.4, 0.5) is 0 Å². The predicted octanol–water partition coefficient (Wildman–Crippen LogP) is 4.16. The van der Waals surface area contributed by atoms with Crippen molar-refractivity contribution in [3.63, 3.8) is 0 Å². The maximum absolute atomic E-state index is 12.9. The molecule has 1 aliphatic rings. The molecule has 1 aliphatic heterocycles. The van der Waals surface area contributed by atoms with Crippen molar-refractivity contribution in [1.29, 1.82) is 0 Å². The lowest BCUT2D eigenvalue weighted by atomic mass is 10.1. The quantitative estimate of drug-likeness (QED) is 0.681. The molecule has 144 valence electrons. The number of ether oxygens (including phenoxy) is 1. The van der Waals surface area contributed by atoms with Crippen LogP contribution in [0.2, 0.25) is 5.02 Å². The zero-order valence-electron chi connectivity index (χ0n) is 15.5. The summed E-state index contributed by atoms with van der Waals surface area (Å²) in [5, 5.41) is 8.33. The largest absolute Gasteiger partial charge is 0.376 e. The van der Waals surface area contributed by atoms with E-state index in [4.69, 9.17) is 16.3 Å². The minimum atomic E-state index is -0.139. The molecule has 3 aromatic rings. The molecule has 2 heterocycles. The van der Waals surface area contributed by atoms with Crippen molar-refractivity contribution >= 4 is 17.5 Å². The molecule has 0 bridgehead atoms. The number of carbonyl (C=O) groups excluding carboxylic acids is 1. The maximum atomic E-state index is 12.9. The first-order valence-corrected chi connectivity index (χ1v) is 9.84. The standard InChI is InChI=1S/C22H22ClN3O2/c23-18-10-8-17(9-11-18)21-20(22(27)24-13-19-7-4-12-28-19)15-26(25-21)14-16-5-2-1-3-6-16/h1-3,5-6,8-11,15,19H,4,7,12-14H2,(H,24,27). The molecule has 1 aromatic heterocycles. The number of hydrogen-bond donors (Lipinski definition) is 1. The fourth-order valence-corrected chi connectivity index (χ4v) is 3.49. The number of halogens is 1. The molecule has 1 unspecified atom stereocenters. The van der Waals surface area contributed by atoms with E-state index in [0.717, 1.165) is 30.6 Å². The monoisotopic (exact) mass is 395 g/mol. The Morgan fingerprint density at radius 2 is 1.96 bits per heavy atom. The Kier molecular flexibility index (Phi) is 5.74. The van der Waals surface area contributed by atoms with Crippen molar-refractivity contribution < 1.29 is 9.53 Å². The maximum Gasteiger partial charge on any atom is 0.255 e. The van der Waals surface area contributed by atoms with E-state index in [1.807, 2.05) is 48.7 Å². The summed E-state index contributed by atoms with van der Waals surface area (Å²) in [5.74, 6) is -0.139. The Labute approximate surface area is 169 Å². The van der Waals surface area contributed by atoms with Crippen LogP contribution in [-0.4, -0.2) is 34.9 Å². The average Bonchev–Trinajstić information content (AvgIpc) is 3.38. The first-order valence-electron chi connectivity index (χ1n) is 9.46. The number of rotatable bonds is 6. The summed E-state index contributed by atoms with van der Waals surface area (Å²) in [6, 6.07) is 17.4. The van der Waals surface area contributed by atoms with Crippen LogP contribution in [0.3, 0.4) is 0 Å². The van der Waals surface area contributed by atoms with Crippen LogP contribution in [0.25, 0.3) is 11.3 Å². The van der Waals surface area contributed by atoms with E-state index >= 15 is 0 Å². The molecule has 1 amide bonds. The lowest BCUT2D eigenvalue weighted by molar-refractivity contribution is 0.0858. The summed E-state index contributed by atoms with van der Waals surface area (Å²) in [6.45, 7) is 1.88. The van der Waals surface area contributed by atoms with Gasteiger partial charge in [0, 0.05) is 29.9 Å². The number of amides is 1. The van der Waals surface area contributed by atoms with Gasteiger partial charge < -0.3 is 10.1 Å². The molecule has 5 nitrogen and oxygen atoms in total. The van der Waals surface area contributed by atoms with E-state index in [1.54, 1.807) is 16.8 Å². The second-order valence-electron chi connectivity index (χ2n) is 6.93. The van der Waals surface area contributed by atoms with Crippen LogP contribution in [0.1, 0.15) is 28.8 Å². The lowest BCUT2D eigenvalue weighted by Gasteiger charge is -2.10. The Bertz CT molecular complexity index is 932. The molecule has 0 saturated carbocycles. The van der Waals surface area contributed by atoms with Crippen LogP contribution in [0, 0.1) is 0 Å². The molecule has 6 heteroatoms. The molecule has 1 N–H and O–H groups in total. The van der Waals surface area contributed by atoms with Gasteiger partial charge in [-0.2, -0.15) is 5.10 Å². The fourth-order valence-electron chi connectivity index (χ4n) is 3.37. The van der Waals surface area contributed by atoms with Crippen molar-refractivity contribution in [2.45, 2.75) is 25.5 Å². The molecular formula is C22H22ClN3O2. The van der Waals surface area contributed by atoms with Gasteiger partial charge in [0.15, 0.2) is 0 Å². The highest BCUT2D eigenvalue weighted by molar-refractivity contribution is 6.30. The molecule has 2 aromatic carbocycles. The smallest absolute Gasteiger partial charge is 0.255 e. The highest BCUT2D eigenvalue weighted by Crippen LogP contribution is 2.24. The Morgan fingerprint density at radius 3 is 2.68 bits per heavy atom. The minimum Gasteiger partial charge on any atom is -0.376 e. The second-order valence-corrected chi connectivity index (χ2v) is 7.36. The van der Waals surface area contributed by atoms with Gasteiger partial charge in [0.05, 0.1) is 18.2 Å². The number of nitrogens with zero attached hydrogens (tertiary/aromatic N) is 2. The highest BCUT2D eigenvalue weighted by atomic mass is 35.5. The van der Waals surface area contributed by atoms with Crippen LogP contribution >= 0.6 is 11.6 Å². The Balaban J connectivity index is 1.60. The normalized spacial score (nSPS) is 16.2. The zero-order valence-corrected chi connectivity index (χ0v) is 16.2. The van der Waals surface area contributed by atoms with Crippen molar-refractivity contribution in [2.75, 3.05) is 13.2 Å². The van der Waals surface area contributed by atoms with Crippen LogP contribution < -0.4 is 5.32 Å². The van der Waals surface area contributed by atoms with Gasteiger partial charge in [-0.05, 0) is 30.5 Å². The van der Waals surface area contributed by atoms with E-state index in [1.165, 1.54) is 0 Å².